The van der Waals surface area contributed by atoms with E-state index in [1.807, 2.05) is 24.7 Å². The maximum Gasteiger partial charge on any atom is 0.160 e. The minimum atomic E-state index is 0.973. The minimum Gasteiger partial charge on any atom is -0.316 e. The second-order valence-corrected chi connectivity index (χ2v) is 3.46. The van der Waals surface area contributed by atoms with Crippen LogP contribution in [0, 0.1) is 20.8 Å². The molecule has 0 radical (unpaired) electrons. The Balaban J connectivity index is 2.94. The van der Waals surface area contributed by atoms with Gasteiger partial charge in [-0.25, -0.2) is 9.97 Å². The molecule has 2 heterocycles. The summed E-state index contributed by atoms with van der Waals surface area (Å²) in [4.78, 5) is 8.84. The molecule has 0 unspecified atom stereocenters. The summed E-state index contributed by atoms with van der Waals surface area (Å²) in [5.41, 5.74) is 4.43. The molecule has 2 rings (SSSR count). The van der Waals surface area contributed by atoms with Gasteiger partial charge in [-0.05, 0) is 31.9 Å². The lowest BCUT2D eigenvalue weighted by molar-refractivity contribution is 0.874. The lowest BCUT2D eigenvalue weighted by Gasteiger charge is -1.99. The number of aryl methyl sites for hydroxylation is 4. The molecule has 3 nitrogen and oxygen atoms in total. The van der Waals surface area contributed by atoms with Crippen LogP contribution in [-0.4, -0.2) is 14.5 Å². The number of rotatable bonds is 0. The van der Waals surface area contributed by atoms with Crippen LogP contribution in [0.2, 0.25) is 0 Å². The largest absolute Gasteiger partial charge is 0.316 e. The highest BCUT2D eigenvalue weighted by Gasteiger charge is 2.08. The highest BCUT2D eigenvalue weighted by molar-refractivity contribution is 5.76. The highest BCUT2D eigenvalue weighted by atomic mass is 15.1. The van der Waals surface area contributed by atoms with Gasteiger partial charge in [0.25, 0.3) is 0 Å². The predicted molar refractivity (Wildman–Crippen MR) is 52.7 cm³/mol. The first-order chi connectivity index (χ1) is 6.11. The van der Waals surface area contributed by atoms with E-state index in [4.69, 9.17) is 0 Å². The van der Waals surface area contributed by atoms with E-state index >= 15 is 0 Å². The fourth-order valence-electron chi connectivity index (χ4n) is 1.44. The van der Waals surface area contributed by atoms with Gasteiger partial charge in [-0.2, -0.15) is 0 Å². The Bertz CT molecular complexity index is 468. The standard InChI is InChI=1S/C10H13N3/c1-6-5-11-10-9(7(6)2)12-8(3)13(10)4/h5H,1-4H3. The van der Waals surface area contributed by atoms with Gasteiger partial charge in [0.05, 0.1) is 0 Å². The van der Waals surface area contributed by atoms with Crippen molar-refractivity contribution in [2.45, 2.75) is 20.8 Å². The van der Waals surface area contributed by atoms with Gasteiger partial charge < -0.3 is 4.57 Å². The van der Waals surface area contributed by atoms with Gasteiger partial charge in [0.15, 0.2) is 5.65 Å². The summed E-state index contributed by atoms with van der Waals surface area (Å²) >= 11 is 0. The van der Waals surface area contributed by atoms with Gasteiger partial charge >= 0.3 is 0 Å². The molecule has 2 aromatic rings. The Labute approximate surface area is 77.4 Å². The number of aromatic nitrogens is 3. The summed E-state index contributed by atoms with van der Waals surface area (Å²) in [6.07, 6.45) is 1.90. The quantitative estimate of drug-likeness (QED) is 0.612. The molecule has 0 atom stereocenters. The number of hydrogen-bond acceptors (Lipinski definition) is 2. The van der Waals surface area contributed by atoms with Crippen LogP contribution in [0.15, 0.2) is 6.20 Å². The molecular weight excluding hydrogens is 162 g/mol. The molecule has 0 aliphatic carbocycles. The Kier molecular flexibility index (Phi) is 1.62. The van der Waals surface area contributed by atoms with Crippen molar-refractivity contribution in [2.24, 2.45) is 7.05 Å². The van der Waals surface area contributed by atoms with Crippen molar-refractivity contribution in [1.29, 1.82) is 0 Å². The number of hydrogen-bond donors (Lipinski definition) is 0. The lowest BCUT2D eigenvalue weighted by atomic mass is 10.2. The zero-order valence-electron chi connectivity index (χ0n) is 8.42. The van der Waals surface area contributed by atoms with E-state index in [9.17, 15) is 0 Å². The van der Waals surface area contributed by atoms with Gasteiger partial charge in [0.1, 0.15) is 11.3 Å². The smallest absolute Gasteiger partial charge is 0.160 e. The SMILES string of the molecule is Cc1cnc2c(nc(C)n2C)c1C. The van der Waals surface area contributed by atoms with Crippen LogP contribution < -0.4 is 0 Å². The third-order valence-electron chi connectivity index (χ3n) is 2.62. The number of imidazole rings is 1. The molecule has 0 aromatic carbocycles. The molecule has 2 aromatic heterocycles. The Hall–Kier alpha value is -1.38. The van der Waals surface area contributed by atoms with Gasteiger partial charge in [0.2, 0.25) is 0 Å². The normalized spacial score (nSPS) is 11.1. The summed E-state index contributed by atoms with van der Waals surface area (Å²) in [6.45, 7) is 6.15. The Morgan fingerprint density at radius 2 is 1.92 bits per heavy atom. The zero-order valence-corrected chi connectivity index (χ0v) is 8.42. The van der Waals surface area contributed by atoms with Crippen molar-refractivity contribution < 1.29 is 0 Å². The van der Waals surface area contributed by atoms with Gasteiger partial charge in [-0.15, -0.1) is 0 Å². The van der Waals surface area contributed by atoms with Crippen LogP contribution in [0.1, 0.15) is 17.0 Å². The second-order valence-electron chi connectivity index (χ2n) is 3.46. The third kappa shape index (κ3) is 1.03. The summed E-state index contributed by atoms with van der Waals surface area (Å²) in [6, 6.07) is 0. The fourth-order valence-corrected chi connectivity index (χ4v) is 1.44. The number of fused-ring (bicyclic) bond motifs is 1. The molecule has 0 spiro atoms. The number of pyridine rings is 1. The van der Waals surface area contributed by atoms with E-state index in [2.05, 4.69) is 23.8 Å². The molecule has 0 bridgehead atoms. The van der Waals surface area contributed by atoms with Crippen LogP contribution in [0.25, 0.3) is 11.2 Å². The van der Waals surface area contributed by atoms with Crippen molar-refractivity contribution in [1.82, 2.24) is 14.5 Å². The molecule has 0 N–H and O–H groups in total. The van der Waals surface area contributed by atoms with E-state index in [0.717, 1.165) is 17.0 Å². The molecule has 13 heavy (non-hydrogen) atoms. The second kappa shape index (κ2) is 2.55. The van der Waals surface area contributed by atoms with Crippen LogP contribution in [-0.2, 0) is 7.05 Å². The van der Waals surface area contributed by atoms with Crippen LogP contribution >= 0.6 is 0 Å². The molecule has 0 aliphatic rings. The molecular formula is C10H13N3. The third-order valence-corrected chi connectivity index (χ3v) is 2.62. The lowest BCUT2D eigenvalue weighted by Crippen LogP contribution is -1.93. The average Bonchev–Trinajstić information content (AvgIpc) is 2.38. The van der Waals surface area contributed by atoms with Gasteiger partial charge in [-0.1, -0.05) is 0 Å². The molecule has 0 aliphatic heterocycles. The summed E-state index contributed by atoms with van der Waals surface area (Å²) in [5.74, 6) is 1.01. The predicted octanol–water partition coefficient (Wildman–Crippen LogP) is 1.89. The van der Waals surface area contributed by atoms with E-state index in [1.54, 1.807) is 0 Å². The van der Waals surface area contributed by atoms with E-state index in [1.165, 1.54) is 11.1 Å². The molecule has 0 amide bonds. The zero-order chi connectivity index (χ0) is 9.59. The fraction of sp³-hybridized carbons (Fsp3) is 0.400. The van der Waals surface area contributed by atoms with E-state index < -0.39 is 0 Å². The first-order valence-corrected chi connectivity index (χ1v) is 4.36. The van der Waals surface area contributed by atoms with Crippen molar-refractivity contribution in [3.8, 4) is 0 Å². The van der Waals surface area contributed by atoms with Crippen LogP contribution in [0.3, 0.4) is 0 Å². The first kappa shape index (κ1) is 8.23. The maximum atomic E-state index is 4.47. The van der Waals surface area contributed by atoms with E-state index in [0.29, 0.717) is 0 Å². The summed E-state index contributed by atoms with van der Waals surface area (Å²) < 4.78 is 2.02. The topological polar surface area (TPSA) is 30.7 Å². The van der Waals surface area contributed by atoms with Crippen molar-refractivity contribution in [2.75, 3.05) is 0 Å². The van der Waals surface area contributed by atoms with Gasteiger partial charge in [0, 0.05) is 13.2 Å². The van der Waals surface area contributed by atoms with Gasteiger partial charge in [-0.3, -0.25) is 0 Å². The van der Waals surface area contributed by atoms with Crippen molar-refractivity contribution >= 4 is 11.2 Å². The Morgan fingerprint density at radius 3 is 2.62 bits per heavy atom. The Morgan fingerprint density at radius 1 is 1.23 bits per heavy atom. The van der Waals surface area contributed by atoms with Crippen LogP contribution in [0.4, 0.5) is 0 Å². The summed E-state index contributed by atoms with van der Waals surface area (Å²) in [7, 11) is 1.99. The molecule has 68 valence electrons. The monoisotopic (exact) mass is 175 g/mol. The molecule has 0 saturated heterocycles. The van der Waals surface area contributed by atoms with Crippen molar-refractivity contribution in [3.63, 3.8) is 0 Å². The van der Waals surface area contributed by atoms with E-state index in [-0.39, 0.29) is 0 Å². The van der Waals surface area contributed by atoms with Crippen LogP contribution in [0.5, 0.6) is 0 Å². The number of nitrogens with zero attached hydrogens (tertiary/aromatic N) is 3. The molecule has 0 saturated carbocycles. The minimum absolute atomic E-state index is 0.973. The first-order valence-electron chi connectivity index (χ1n) is 4.36. The average molecular weight is 175 g/mol. The molecule has 3 heteroatoms. The van der Waals surface area contributed by atoms with Crippen molar-refractivity contribution in [3.05, 3.63) is 23.1 Å². The summed E-state index contributed by atoms with van der Waals surface area (Å²) in [5, 5.41) is 0. The highest BCUT2D eigenvalue weighted by Crippen LogP contribution is 2.18. The molecule has 0 fully saturated rings. The maximum absolute atomic E-state index is 4.47.